The summed E-state index contributed by atoms with van der Waals surface area (Å²) in [7, 11) is 0. The normalized spacial score (nSPS) is 19.1. The van der Waals surface area contributed by atoms with Gasteiger partial charge >= 0.3 is 5.97 Å². The third kappa shape index (κ3) is 3.33. The van der Waals surface area contributed by atoms with Crippen LogP contribution in [0.5, 0.6) is 0 Å². The SMILES string of the molecule is CCOC(=O)C(Cc1ccccc1)C1(C)OCCO1. The largest absolute Gasteiger partial charge is 0.466 e. The molecule has 0 aliphatic carbocycles. The van der Waals surface area contributed by atoms with Gasteiger partial charge in [-0.1, -0.05) is 30.3 Å². The molecule has 0 aromatic heterocycles. The zero-order valence-corrected chi connectivity index (χ0v) is 11.4. The van der Waals surface area contributed by atoms with Crippen molar-refractivity contribution >= 4 is 5.97 Å². The highest BCUT2D eigenvalue weighted by atomic mass is 16.7. The van der Waals surface area contributed by atoms with Gasteiger partial charge in [-0.05, 0) is 25.8 Å². The Morgan fingerprint density at radius 3 is 2.53 bits per heavy atom. The molecule has 1 unspecified atom stereocenters. The summed E-state index contributed by atoms with van der Waals surface area (Å²) in [5.74, 6) is -1.60. The molecule has 1 fully saturated rings. The zero-order valence-electron chi connectivity index (χ0n) is 11.4. The summed E-state index contributed by atoms with van der Waals surface area (Å²) in [5.41, 5.74) is 1.07. The topological polar surface area (TPSA) is 44.8 Å². The molecule has 1 aromatic rings. The Morgan fingerprint density at radius 1 is 1.32 bits per heavy atom. The zero-order chi connectivity index (χ0) is 13.7. The molecule has 1 aromatic carbocycles. The molecule has 1 aliphatic rings. The van der Waals surface area contributed by atoms with Gasteiger partial charge < -0.3 is 14.2 Å². The molecule has 1 aliphatic heterocycles. The number of hydrogen-bond acceptors (Lipinski definition) is 4. The Balaban J connectivity index is 2.17. The molecule has 4 nitrogen and oxygen atoms in total. The van der Waals surface area contributed by atoms with Gasteiger partial charge in [0.1, 0.15) is 5.92 Å². The summed E-state index contributed by atoms with van der Waals surface area (Å²) in [4.78, 5) is 12.2. The van der Waals surface area contributed by atoms with Gasteiger partial charge in [-0.2, -0.15) is 0 Å². The van der Waals surface area contributed by atoms with Crippen molar-refractivity contribution in [1.29, 1.82) is 0 Å². The van der Waals surface area contributed by atoms with Gasteiger partial charge in [0.15, 0.2) is 5.79 Å². The molecule has 1 atom stereocenters. The van der Waals surface area contributed by atoms with Gasteiger partial charge in [0.05, 0.1) is 19.8 Å². The summed E-state index contributed by atoms with van der Waals surface area (Å²) in [5, 5.41) is 0. The van der Waals surface area contributed by atoms with Gasteiger partial charge in [0, 0.05) is 0 Å². The van der Waals surface area contributed by atoms with Gasteiger partial charge in [0.2, 0.25) is 0 Å². The fourth-order valence-corrected chi connectivity index (χ4v) is 2.31. The van der Waals surface area contributed by atoms with E-state index in [1.165, 1.54) is 0 Å². The van der Waals surface area contributed by atoms with Gasteiger partial charge in [-0.25, -0.2) is 0 Å². The van der Waals surface area contributed by atoms with Crippen LogP contribution in [0.25, 0.3) is 0 Å². The van der Waals surface area contributed by atoms with Crippen LogP contribution < -0.4 is 0 Å². The highest BCUT2D eigenvalue weighted by molar-refractivity contribution is 5.74. The van der Waals surface area contributed by atoms with E-state index in [1.807, 2.05) is 37.3 Å². The maximum Gasteiger partial charge on any atom is 0.314 e. The Labute approximate surface area is 113 Å². The van der Waals surface area contributed by atoms with Crippen molar-refractivity contribution in [3.63, 3.8) is 0 Å². The molecular weight excluding hydrogens is 244 g/mol. The number of rotatable bonds is 5. The summed E-state index contributed by atoms with van der Waals surface area (Å²) in [6.07, 6.45) is 0.552. The van der Waals surface area contributed by atoms with E-state index >= 15 is 0 Å². The molecule has 0 bridgehead atoms. The van der Waals surface area contributed by atoms with Crippen molar-refractivity contribution in [3.8, 4) is 0 Å². The molecule has 104 valence electrons. The Hall–Kier alpha value is -1.39. The van der Waals surface area contributed by atoms with E-state index < -0.39 is 11.7 Å². The van der Waals surface area contributed by atoms with Crippen molar-refractivity contribution in [2.24, 2.45) is 5.92 Å². The fraction of sp³-hybridized carbons (Fsp3) is 0.533. The minimum absolute atomic E-state index is 0.268. The lowest BCUT2D eigenvalue weighted by molar-refractivity contribution is -0.200. The minimum atomic E-state index is -0.887. The fourth-order valence-electron chi connectivity index (χ4n) is 2.31. The number of benzene rings is 1. The van der Waals surface area contributed by atoms with Crippen molar-refractivity contribution < 1.29 is 19.0 Å². The van der Waals surface area contributed by atoms with Crippen LogP contribution in [0.15, 0.2) is 30.3 Å². The number of ether oxygens (including phenoxy) is 3. The molecule has 0 amide bonds. The number of carbonyl (C=O) groups excluding carboxylic acids is 1. The quantitative estimate of drug-likeness (QED) is 0.765. The maximum absolute atomic E-state index is 12.2. The van der Waals surface area contributed by atoms with E-state index in [1.54, 1.807) is 6.92 Å². The van der Waals surface area contributed by atoms with Crippen LogP contribution in [0.1, 0.15) is 19.4 Å². The summed E-state index contributed by atoms with van der Waals surface area (Å²) in [6.45, 7) is 5.00. The molecular formula is C15H20O4. The van der Waals surface area contributed by atoms with Crippen LogP contribution in [0, 0.1) is 5.92 Å². The Morgan fingerprint density at radius 2 is 1.95 bits per heavy atom. The van der Waals surface area contributed by atoms with E-state index in [4.69, 9.17) is 14.2 Å². The maximum atomic E-state index is 12.2. The van der Waals surface area contributed by atoms with E-state index in [2.05, 4.69) is 0 Å². The molecule has 1 heterocycles. The average molecular weight is 264 g/mol. The first-order valence-corrected chi connectivity index (χ1v) is 6.64. The first-order chi connectivity index (χ1) is 9.15. The molecule has 0 saturated carbocycles. The average Bonchev–Trinajstić information content (AvgIpc) is 2.85. The molecule has 0 spiro atoms. The lowest BCUT2D eigenvalue weighted by Gasteiger charge is -2.30. The van der Waals surface area contributed by atoms with Crippen LogP contribution in [-0.2, 0) is 25.4 Å². The van der Waals surface area contributed by atoms with Crippen LogP contribution in [-0.4, -0.2) is 31.6 Å². The number of hydrogen-bond donors (Lipinski definition) is 0. The molecule has 0 radical (unpaired) electrons. The second kappa shape index (κ2) is 6.17. The van der Waals surface area contributed by atoms with Gasteiger partial charge in [0.25, 0.3) is 0 Å². The van der Waals surface area contributed by atoms with Crippen molar-refractivity contribution in [2.75, 3.05) is 19.8 Å². The summed E-state index contributed by atoms with van der Waals surface area (Å²) in [6, 6.07) is 9.84. The van der Waals surface area contributed by atoms with Crippen LogP contribution in [0.4, 0.5) is 0 Å². The van der Waals surface area contributed by atoms with Crippen LogP contribution in [0.2, 0.25) is 0 Å². The van der Waals surface area contributed by atoms with Crippen molar-refractivity contribution in [3.05, 3.63) is 35.9 Å². The smallest absolute Gasteiger partial charge is 0.314 e. The standard InChI is InChI=1S/C15H20O4/c1-3-17-14(16)13(15(2)18-9-10-19-15)11-12-7-5-4-6-8-12/h4-8,13H,3,9-11H2,1-2H3. The second-order valence-electron chi connectivity index (χ2n) is 4.71. The van der Waals surface area contributed by atoms with Crippen molar-refractivity contribution in [2.45, 2.75) is 26.1 Å². The minimum Gasteiger partial charge on any atom is -0.466 e. The van der Waals surface area contributed by atoms with Gasteiger partial charge in [-0.15, -0.1) is 0 Å². The van der Waals surface area contributed by atoms with Crippen molar-refractivity contribution in [1.82, 2.24) is 0 Å². The number of esters is 1. The lowest BCUT2D eigenvalue weighted by atomic mass is 9.92. The highest BCUT2D eigenvalue weighted by Gasteiger charge is 2.45. The lowest BCUT2D eigenvalue weighted by Crippen LogP contribution is -2.43. The Kier molecular flexibility index (Phi) is 4.56. The molecule has 1 saturated heterocycles. The third-order valence-electron chi connectivity index (χ3n) is 3.35. The van der Waals surface area contributed by atoms with E-state index in [0.717, 1.165) is 5.56 Å². The predicted octanol–water partition coefficient (Wildman–Crippen LogP) is 2.17. The predicted molar refractivity (Wildman–Crippen MR) is 70.6 cm³/mol. The molecule has 2 rings (SSSR count). The van der Waals surface area contributed by atoms with Crippen LogP contribution >= 0.6 is 0 Å². The summed E-state index contributed by atoms with van der Waals surface area (Å²) >= 11 is 0. The first kappa shape index (κ1) is 14.0. The van der Waals surface area contributed by atoms with Gasteiger partial charge in [-0.3, -0.25) is 4.79 Å². The number of carbonyl (C=O) groups is 1. The monoisotopic (exact) mass is 264 g/mol. The molecule has 0 N–H and O–H groups in total. The molecule has 19 heavy (non-hydrogen) atoms. The van der Waals surface area contributed by atoms with E-state index in [9.17, 15) is 4.79 Å². The third-order valence-corrected chi connectivity index (χ3v) is 3.35. The Bertz CT molecular complexity index is 409. The molecule has 4 heteroatoms. The van der Waals surface area contributed by atoms with E-state index in [-0.39, 0.29) is 5.97 Å². The highest BCUT2D eigenvalue weighted by Crippen LogP contribution is 2.31. The van der Waals surface area contributed by atoms with Crippen LogP contribution in [0.3, 0.4) is 0 Å². The second-order valence-corrected chi connectivity index (χ2v) is 4.71. The first-order valence-electron chi connectivity index (χ1n) is 6.64. The summed E-state index contributed by atoms with van der Waals surface area (Å²) < 4.78 is 16.4. The van der Waals surface area contributed by atoms with E-state index in [0.29, 0.717) is 26.2 Å².